The SMILES string of the molecule is COc1ccc(CNC(=O)c2ccc(CS(=O)Cc3ccc(C)cc3)o2)cc1. The zero-order valence-electron chi connectivity index (χ0n) is 15.9. The molecule has 0 fully saturated rings. The van der Waals surface area contributed by atoms with Gasteiger partial charge in [-0.1, -0.05) is 42.0 Å². The summed E-state index contributed by atoms with van der Waals surface area (Å²) in [7, 11) is 0.508. The first-order valence-corrected chi connectivity index (χ1v) is 10.4. The van der Waals surface area contributed by atoms with Crippen molar-refractivity contribution in [1.29, 1.82) is 0 Å². The Hall–Kier alpha value is -2.86. The molecule has 1 heterocycles. The Labute approximate surface area is 167 Å². The van der Waals surface area contributed by atoms with Crippen LogP contribution in [0.25, 0.3) is 0 Å². The van der Waals surface area contributed by atoms with Gasteiger partial charge in [0.2, 0.25) is 0 Å². The van der Waals surface area contributed by atoms with E-state index in [1.807, 2.05) is 55.5 Å². The van der Waals surface area contributed by atoms with Crippen LogP contribution in [0.4, 0.5) is 0 Å². The largest absolute Gasteiger partial charge is 0.497 e. The Morgan fingerprint density at radius 1 is 0.964 bits per heavy atom. The Bertz CT molecular complexity index is 945. The number of benzene rings is 2. The average Bonchev–Trinajstić information content (AvgIpc) is 3.16. The van der Waals surface area contributed by atoms with E-state index in [0.29, 0.717) is 18.1 Å². The number of furan rings is 1. The van der Waals surface area contributed by atoms with Gasteiger partial charge in [-0.25, -0.2) is 0 Å². The first-order valence-electron chi connectivity index (χ1n) is 8.94. The molecule has 1 amide bonds. The first-order chi connectivity index (χ1) is 13.5. The van der Waals surface area contributed by atoms with E-state index in [1.54, 1.807) is 19.2 Å². The molecule has 1 N–H and O–H groups in total. The predicted octanol–water partition coefficient (Wildman–Crippen LogP) is 3.98. The molecule has 0 aliphatic rings. The van der Waals surface area contributed by atoms with Crippen molar-refractivity contribution in [2.45, 2.75) is 25.0 Å². The smallest absolute Gasteiger partial charge is 0.287 e. The summed E-state index contributed by atoms with van der Waals surface area (Å²) < 4.78 is 23.0. The van der Waals surface area contributed by atoms with Crippen LogP contribution in [0, 0.1) is 6.92 Å². The molecule has 1 unspecified atom stereocenters. The highest BCUT2D eigenvalue weighted by atomic mass is 32.2. The molecule has 0 spiro atoms. The van der Waals surface area contributed by atoms with E-state index in [1.165, 1.54) is 5.56 Å². The predicted molar refractivity (Wildman–Crippen MR) is 110 cm³/mol. The minimum atomic E-state index is -1.10. The highest BCUT2D eigenvalue weighted by molar-refractivity contribution is 7.83. The summed E-state index contributed by atoms with van der Waals surface area (Å²) in [5.41, 5.74) is 3.15. The summed E-state index contributed by atoms with van der Waals surface area (Å²) in [6.45, 7) is 2.41. The highest BCUT2D eigenvalue weighted by Crippen LogP contribution is 2.14. The van der Waals surface area contributed by atoms with Gasteiger partial charge in [-0.15, -0.1) is 0 Å². The van der Waals surface area contributed by atoms with Crippen LogP contribution in [0.5, 0.6) is 5.75 Å². The van der Waals surface area contributed by atoms with Crippen molar-refractivity contribution in [3.63, 3.8) is 0 Å². The van der Waals surface area contributed by atoms with Crippen LogP contribution in [0.1, 0.15) is 33.0 Å². The van der Waals surface area contributed by atoms with Gasteiger partial charge in [-0.3, -0.25) is 9.00 Å². The number of amides is 1. The maximum atomic E-state index is 12.3. The fourth-order valence-corrected chi connectivity index (χ4v) is 3.81. The van der Waals surface area contributed by atoms with Crippen LogP contribution in [0.15, 0.2) is 65.1 Å². The summed E-state index contributed by atoms with van der Waals surface area (Å²) in [6.07, 6.45) is 0. The number of hydrogen-bond donors (Lipinski definition) is 1. The molecule has 0 saturated carbocycles. The number of carbonyl (C=O) groups excluding carboxylic acids is 1. The first kappa shape index (κ1) is 19.9. The Balaban J connectivity index is 1.51. The lowest BCUT2D eigenvalue weighted by atomic mass is 10.2. The van der Waals surface area contributed by atoms with Crippen LogP contribution < -0.4 is 10.1 Å². The van der Waals surface area contributed by atoms with Crippen LogP contribution >= 0.6 is 0 Å². The lowest BCUT2D eigenvalue weighted by Gasteiger charge is -2.05. The number of carbonyl (C=O) groups is 1. The van der Waals surface area contributed by atoms with Gasteiger partial charge in [0.15, 0.2) is 5.76 Å². The second kappa shape index (κ2) is 9.37. The molecular weight excluding hydrogens is 374 g/mol. The van der Waals surface area contributed by atoms with E-state index in [4.69, 9.17) is 9.15 Å². The van der Waals surface area contributed by atoms with E-state index in [-0.39, 0.29) is 17.4 Å². The Morgan fingerprint density at radius 2 is 1.64 bits per heavy atom. The third-order valence-electron chi connectivity index (χ3n) is 4.25. The fourth-order valence-electron chi connectivity index (χ4n) is 2.67. The maximum Gasteiger partial charge on any atom is 0.287 e. The molecule has 2 aromatic carbocycles. The Kier molecular flexibility index (Phi) is 6.66. The van der Waals surface area contributed by atoms with Crippen molar-refractivity contribution in [3.8, 4) is 5.75 Å². The van der Waals surface area contributed by atoms with Gasteiger partial charge < -0.3 is 14.5 Å². The summed E-state index contributed by atoms with van der Waals surface area (Å²) in [6, 6.07) is 18.8. The van der Waals surface area contributed by atoms with Gasteiger partial charge in [-0.05, 0) is 42.3 Å². The van der Waals surface area contributed by atoms with Crippen LogP contribution in [0.2, 0.25) is 0 Å². The quantitative estimate of drug-likeness (QED) is 0.624. The standard InChI is InChI=1S/C22H23NO4S/c1-16-3-5-18(6-4-16)14-28(25)15-20-11-12-21(27-20)22(24)23-13-17-7-9-19(26-2)10-8-17/h3-12H,13-15H2,1-2H3,(H,23,24). The van der Waals surface area contributed by atoms with Crippen LogP contribution in [-0.4, -0.2) is 17.2 Å². The maximum absolute atomic E-state index is 12.3. The number of aryl methyl sites for hydroxylation is 1. The normalized spacial score (nSPS) is 11.8. The van der Waals surface area contributed by atoms with E-state index in [2.05, 4.69) is 5.32 Å². The zero-order chi connectivity index (χ0) is 19.9. The molecule has 1 aromatic heterocycles. The monoisotopic (exact) mass is 397 g/mol. The summed E-state index contributed by atoms with van der Waals surface area (Å²) in [4.78, 5) is 12.3. The lowest BCUT2D eigenvalue weighted by molar-refractivity contribution is 0.0921. The van der Waals surface area contributed by atoms with E-state index < -0.39 is 10.8 Å². The molecule has 0 aliphatic carbocycles. The van der Waals surface area contributed by atoms with Gasteiger partial charge in [0.1, 0.15) is 11.5 Å². The Morgan fingerprint density at radius 3 is 2.32 bits per heavy atom. The molecule has 28 heavy (non-hydrogen) atoms. The molecule has 146 valence electrons. The molecule has 0 aliphatic heterocycles. The number of hydrogen-bond acceptors (Lipinski definition) is 4. The minimum absolute atomic E-state index is 0.218. The van der Waals surface area contributed by atoms with Crippen molar-refractivity contribution >= 4 is 16.7 Å². The van der Waals surface area contributed by atoms with Crippen molar-refractivity contribution < 1.29 is 18.2 Å². The molecular formula is C22H23NO4S. The third-order valence-corrected chi connectivity index (χ3v) is 5.51. The van der Waals surface area contributed by atoms with E-state index in [0.717, 1.165) is 16.9 Å². The van der Waals surface area contributed by atoms with E-state index in [9.17, 15) is 9.00 Å². The van der Waals surface area contributed by atoms with Crippen molar-refractivity contribution in [2.75, 3.05) is 7.11 Å². The van der Waals surface area contributed by atoms with Crippen molar-refractivity contribution in [1.82, 2.24) is 5.32 Å². The number of methoxy groups -OCH3 is 1. The summed E-state index contributed by atoms with van der Waals surface area (Å²) in [5, 5.41) is 2.82. The van der Waals surface area contributed by atoms with Crippen molar-refractivity contribution in [2.24, 2.45) is 0 Å². The number of rotatable bonds is 8. The van der Waals surface area contributed by atoms with Gasteiger partial charge in [0, 0.05) is 23.1 Å². The van der Waals surface area contributed by atoms with Gasteiger partial charge in [0.05, 0.1) is 12.9 Å². The highest BCUT2D eigenvalue weighted by Gasteiger charge is 2.13. The molecule has 3 rings (SSSR count). The molecule has 0 radical (unpaired) electrons. The van der Waals surface area contributed by atoms with E-state index >= 15 is 0 Å². The lowest BCUT2D eigenvalue weighted by Crippen LogP contribution is -2.22. The van der Waals surface area contributed by atoms with Gasteiger partial charge >= 0.3 is 0 Å². The van der Waals surface area contributed by atoms with Crippen LogP contribution in [0.3, 0.4) is 0 Å². The number of ether oxygens (including phenoxy) is 1. The van der Waals surface area contributed by atoms with Gasteiger partial charge in [-0.2, -0.15) is 0 Å². The summed E-state index contributed by atoms with van der Waals surface area (Å²) >= 11 is 0. The van der Waals surface area contributed by atoms with Gasteiger partial charge in [0.25, 0.3) is 5.91 Å². The minimum Gasteiger partial charge on any atom is -0.497 e. The fraction of sp³-hybridized carbons (Fsp3) is 0.227. The molecule has 0 bridgehead atoms. The molecule has 3 aromatic rings. The molecule has 0 saturated heterocycles. The topological polar surface area (TPSA) is 68.5 Å². The van der Waals surface area contributed by atoms with Crippen LogP contribution in [-0.2, 0) is 28.9 Å². The molecule has 1 atom stereocenters. The second-order valence-corrected chi connectivity index (χ2v) is 7.97. The summed E-state index contributed by atoms with van der Waals surface area (Å²) in [5.74, 6) is 1.96. The number of nitrogens with one attached hydrogen (secondary N) is 1. The van der Waals surface area contributed by atoms with Crippen molar-refractivity contribution in [3.05, 3.63) is 88.9 Å². The zero-order valence-corrected chi connectivity index (χ0v) is 16.8. The third kappa shape index (κ3) is 5.57. The molecule has 5 nitrogen and oxygen atoms in total. The average molecular weight is 397 g/mol. The molecule has 6 heteroatoms. The second-order valence-electron chi connectivity index (χ2n) is 6.51.